The van der Waals surface area contributed by atoms with Crippen LogP contribution >= 0.6 is 0 Å². The third-order valence-corrected chi connectivity index (χ3v) is 3.39. The van der Waals surface area contributed by atoms with E-state index in [0.717, 1.165) is 25.3 Å². The van der Waals surface area contributed by atoms with Gasteiger partial charge in [-0.05, 0) is 31.5 Å². The van der Waals surface area contributed by atoms with Crippen LogP contribution in [0.3, 0.4) is 0 Å². The van der Waals surface area contributed by atoms with Gasteiger partial charge in [-0.3, -0.25) is 4.90 Å². The number of benzene rings is 1. The molecule has 3 nitrogen and oxygen atoms in total. The molecule has 0 saturated carbocycles. The fourth-order valence-electron chi connectivity index (χ4n) is 2.26. The second-order valence-electron chi connectivity index (χ2n) is 5.08. The fraction of sp³-hybridized carbons (Fsp3) is 0.500. The highest BCUT2D eigenvalue weighted by Gasteiger charge is 2.23. The maximum Gasteiger partial charge on any atom is 0.104 e. The minimum Gasteiger partial charge on any atom is -0.384 e. The molecule has 2 atom stereocenters. The number of aliphatic hydroxyl groups is 1. The van der Waals surface area contributed by atoms with Crippen LogP contribution in [0, 0.1) is 11.8 Å². The summed E-state index contributed by atoms with van der Waals surface area (Å²) in [5.74, 6) is 5.56. The van der Waals surface area contributed by atoms with Gasteiger partial charge in [-0.2, -0.15) is 0 Å². The summed E-state index contributed by atoms with van der Waals surface area (Å²) < 4.78 is 5.64. The zero-order valence-electron chi connectivity index (χ0n) is 11.6. The van der Waals surface area contributed by atoms with Crippen LogP contribution in [0.4, 0.5) is 0 Å². The molecule has 0 radical (unpaired) electrons. The number of morpholine rings is 1. The topological polar surface area (TPSA) is 32.7 Å². The molecule has 1 N–H and O–H groups in total. The Kier molecular flexibility index (Phi) is 4.98. The average molecular weight is 259 g/mol. The van der Waals surface area contributed by atoms with E-state index in [1.807, 2.05) is 12.1 Å². The fourth-order valence-corrected chi connectivity index (χ4v) is 2.26. The normalized spacial score (nSPS) is 23.7. The first-order valence-electron chi connectivity index (χ1n) is 6.73. The standard InChI is InChI=1S/C16H21NO2/c1-13-12-19-14(2)10-17(13)11-16-7-5-15(6-8-16)4-3-9-18/h5-8,13-14,18H,9-12H2,1-2H3. The molecule has 3 heteroatoms. The highest BCUT2D eigenvalue weighted by Crippen LogP contribution is 2.15. The van der Waals surface area contributed by atoms with Crippen LogP contribution < -0.4 is 0 Å². The largest absolute Gasteiger partial charge is 0.384 e. The van der Waals surface area contributed by atoms with Gasteiger partial charge in [0.05, 0.1) is 12.7 Å². The molecule has 1 saturated heterocycles. The monoisotopic (exact) mass is 259 g/mol. The van der Waals surface area contributed by atoms with Gasteiger partial charge < -0.3 is 9.84 Å². The predicted octanol–water partition coefficient (Wildman–Crippen LogP) is 1.64. The van der Waals surface area contributed by atoms with Crippen molar-refractivity contribution < 1.29 is 9.84 Å². The van der Waals surface area contributed by atoms with Crippen LogP contribution in [0.25, 0.3) is 0 Å². The Morgan fingerprint density at radius 1 is 1.32 bits per heavy atom. The van der Waals surface area contributed by atoms with E-state index >= 15 is 0 Å². The summed E-state index contributed by atoms with van der Waals surface area (Å²) in [6.07, 6.45) is 0.311. The Morgan fingerprint density at radius 2 is 2.05 bits per heavy atom. The molecule has 0 bridgehead atoms. The Hall–Kier alpha value is -1.34. The number of ether oxygens (including phenoxy) is 1. The zero-order valence-corrected chi connectivity index (χ0v) is 11.6. The van der Waals surface area contributed by atoms with Gasteiger partial charge in [0.25, 0.3) is 0 Å². The molecule has 0 aliphatic carbocycles. The molecule has 1 aliphatic heterocycles. The molecule has 1 fully saturated rings. The molecule has 1 aliphatic rings. The van der Waals surface area contributed by atoms with Gasteiger partial charge in [-0.25, -0.2) is 0 Å². The maximum atomic E-state index is 8.66. The van der Waals surface area contributed by atoms with Gasteiger partial charge in [-0.15, -0.1) is 0 Å². The Labute approximate surface area is 115 Å². The Bertz CT molecular complexity index is 458. The van der Waals surface area contributed by atoms with Crippen molar-refractivity contribution in [3.63, 3.8) is 0 Å². The lowest BCUT2D eigenvalue weighted by Crippen LogP contribution is -2.46. The second kappa shape index (κ2) is 6.72. The first-order valence-corrected chi connectivity index (χ1v) is 6.73. The van der Waals surface area contributed by atoms with Crippen molar-refractivity contribution in [1.29, 1.82) is 0 Å². The predicted molar refractivity (Wildman–Crippen MR) is 75.7 cm³/mol. The number of hydrogen-bond acceptors (Lipinski definition) is 3. The van der Waals surface area contributed by atoms with Gasteiger partial charge in [-0.1, -0.05) is 24.0 Å². The Balaban J connectivity index is 1.98. The molecule has 19 heavy (non-hydrogen) atoms. The number of rotatable bonds is 2. The van der Waals surface area contributed by atoms with E-state index in [2.05, 4.69) is 42.7 Å². The van der Waals surface area contributed by atoms with E-state index in [1.54, 1.807) is 0 Å². The average Bonchev–Trinajstić information content (AvgIpc) is 2.42. The maximum absolute atomic E-state index is 8.66. The highest BCUT2D eigenvalue weighted by atomic mass is 16.5. The summed E-state index contributed by atoms with van der Waals surface area (Å²) in [6.45, 7) is 6.96. The van der Waals surface area contributed by atoms with E-state index in [1.165, 1.54) is 5.56 Å². The summed E-state index contributed by atoms with van der Waals surface area (Å²) in [6, 6.07) is 8.69. The lowest BCUT2D eigenvalue weighted by Gasteiger charge is -2.36. The molecular weight excluding hydrogens is 238 g/mol. The SMILES string of the molecule is CC1CN(Cc2ccc(C#CCO)cc2)C(C)CO1. The zero-order chi connectivity index (χ0) is 13.7. The van der Waals surface area contributed by atoms with Crippen LogP contribution in [0.5, 0.6) is 0 Å². The van der Waals surface area contributed by atoms with Gasteiger partial charge in [0, 0.05) is 24.7 Å². The van der Waals surface area contributed by atoms with E-state index < -0.39 is 0 Å². The van der Waals surface area contributed by atoms with Crippen molar-refractivity contribution in [1.82, 2.24) is 4.90 Å². The van der Waals surface area contributed by atoms with E-state index in [0.29, 0.717) is 12.1 Å². The summed E-state index contributed by atoms with van der Waals surface area (Å²) >= 11 is 0. The number of hydrogen-bond donors (Lipinski definition) is 1. The number of nitrogens with zero attached hydrogens (tertiary/aromatic N) is 1. The second-order valence-corrected chi connectivity index (χ2v) is 5.08. The van der Waals surface area contributed by atoms with Gasteiger partial charge in [0.15, 0.2) is 0 Å². The quantitative estimate of drug-likeness (QED) is 0.820. The number of aliphatic hydroxyl groups excluding tert-OH is 1. The lowest BCUT2D eigenvalue weighted by molar-refractivity contribution is -0.0526. The first kappa shape index (κ1) is 14.1. The van der Waals surface area contributed by atoms with Gasteiger partial charge in [0.2, 0.25) is 0 Å². The van der Waals surface area contributed by atoms with Crippen molar-refractivity contribution in [2.24, 2.45) is 0 Å². The van der Waals surface area contributed by atoms with Gasteiger partial charge in [0.1, 0.15) is 6.61 Å². The van der Waals surface area contributed by atoms with Crippen molar-refractivity contribution in [2.45, 2.75) is 32.5 Å². The minimum atomic E-state index is -0.0923. The molecule has 0 amide bonds. The van der Waals surface area contributed by atoms with E-state index in [4.69, 9.17) is 9.84 Å². The van der Waals surface area contributed by atoms with Gasteiger partial charge >= 0.3 is 0 Å². The molecular formula is C16H21NO2. The molecule has 0 spiro atoms. The smallest absolute Gasteiger partial charge is 0.104 e. The minimum absolute atomic E-state index is 0.0923. The molecule has 1 heterocycles. The van der Waals surface area contributed by atoms with Crippen LogP contribution in [-0.2, 0) is 11.3 Å². The van der Waals surface area contributed by atoms with Crippen molar-refractivity contribution in [2.75, 3.05) is 19.8 Å². The third kappa shape index (κ3) is 4.07. The van der Waals surface area contributed by atoms with Crippen molar-refractivity contribution in [3.8, 4) is 11.8 Å². The van der Waals surface area contributed by atoms with Crippen molar-refractivity contribution in [3.05, 3.63) is 35.4 Å². The Morgan fingerprint density at radius 3 is 2.74 bits per heavy atom. The first-order chi connectivity index (χ1) is 9.19. The van der Waals surface area contributed by atoms with Crippen LogP contribution in [0.1, 0.15) is 25.0 Å². The third-order valence-electron chi connectivity index (χ3n) is 3.39. The summed E-state index contributed by atoms with van der Waals surface area (Å²) in [4.78, 5) is 2.45. The lowest BCUT2D eigenvalue weighted by atomic mass is 10.1. The van der Waals surface area contributed by atoms with Crippen molar-refractivity contribution >= 4 is 0 Å². The van der Waals surface area contributed by atoms with Crippen LogP contribution in [0.2, 0.25) is 0 Å². The molecule has 102 valence electrons. The summed E-state index contributed by atoms with van der Waals surface area (Å²) in [7, 11) is 0. The molecule has 1 aromatic rings. The van der Waals surface area contributed by atoms with Crippen LogP contribution in [-0.4, -0.2) is 41.9 Å². The van der Waals surface area contributed by atoms with Crippen LogP contribution in [0.15, 0.2) is 24.3 Å². The highest BCUT2D eigenvalue weighted by molar-refractivity contribution is 5.36. The molecule has 2 unspecified atom stereocenters. The molecule has 1 aromatic carbocycles. The van der Waals surface area contributed by atoms with E-state index in [9.17, 15) is 0 Å². The van der Waals surface area contributed by atoms with E-state index in [-0.39, 0.29) is 6.61 Å². The summed E-state index contributed by atoms with van der Waals surface area (Å²) in [5.41, 5.74) is 2.23. The summed E-state index contributed by atoms with van der Waals surface area (Å²) in [5, 5.41) is 8.66. The molecule has 0 aromatic heterocycles. The molecule has 2 rings (SSSR count).